The molecule has 0 amide bonds. The van der Waals surface area contributed by atoms with E-state index in [0.717, 1.165) is 29.5 Å². The molecule has 0 aliphatic heterocycles. The third-order valence-electron chi connectivity index (χ3n) is 4.14. The number of aliphatic hydroxyl groups is 1. The van der Waals surface area contributed by atoms with Gasteiger partial charge in [-0.25, -0.2) is 0 Å². The van der Waals surface area contributed by atoms with Gasteiger partial charge in [0.25, 0.3) is 0 Å². The lowest BCUT2D eigenvalue weighted by atomic mass is 9.75. The van der Waals surface area contributed by atoms with E-state index in [9.17, 15) is 5.11 Å². The van der Waals surface area contributed by atoms with Crippen LogP contribution >= 0.6 is 0 Å². The highest BCUT2D eigenvalue weighted by molar-refractivity contribution is 5.93. The van der Waals surface area contributed by atoms with E-state index in [0.29, 0.717) is 0 Å². The van der Waals surface area contributed by atoms with Gasteiger partial charge in [0.2, 0.25) is 0 Å². The minimum atomic E-state index is -0.200. The predicted molar refractivity (Wildman–Crippen MR) is 78.6 cm³/mol. The van der Waals surface area contributed by atoms with Crippen LogP contribution in [0.5, 0.6) is 5.75 Å². The summed E-state index contributed by atoms with van der Waals surface area (Å²) in [4.78, 5) is 0. The normalized spacial score (nSPS) is 22.0. The minimum Gasteiger partial charge on any atom is -0.497 e. The van der Waals surface area contributed by atoms with E-state index in [1.807, 2.05) is 18.2 Å². The highest BCUT2D eigenvalue weighted by Gasteiger charge is 2.31. The van der Waals surface area contributed by atoms with Gasteiger partial charge in [0.05, 0.1) is 13.2 Å². The molecule has 0 heterocycles. The number of rotatable bonds is 3. The summed E-state index contributed by atoms with van der Waals surface area (Å²) in [6.07, 6.45) is 3.66. The highest BCUT2D eigenvalue weighted by atomic mass is 16.5. The Kier molecular flexibility index (Phi) is 3.03. The van der Waals surface area contributed by atoms with Crippen molar-refractivity contribution in [3.05, 3.63) is 48.0 Å². The molecular formula is C17H18O2. The Morgan fingerprint density at radius 2 is 2.11 bits per heavy atom. The van der Waals surface area contributed by atoms with Gasteiger partial charge in [0.15, 0.2) is 0 Å². The molecule has 0 radical (unpaired) electrons. The van der Waals surface area contributed by atoms with Gasteiger partial charge in [-0.2, -0.15) is 0 Å². The Hall–Kier alpha value is -1.80. The van der Waals surface area contributed by atoms with Crippen molar-refractivity contribution in [2.24, 2.45) is 0 Å². The van der Waals surface area contributed by atoms with Crippen molar-refractivity contribution >= 4 is 16.8 Å². The van der Waals surface area contributed by atoms with Crippen molar-refractivity contribution in [2.75, 3.05) is 7.11 Å². The maximum Gasteiger partial charge on any atom is 0.119 e. The van der Waals surface area contributed by atoms with Crippen LogP contribution in [0.2, 0.25) is 0 Å². The summed E-state index contributed by atoms with van der Waals surface area (Å²) in [5.74, 6) is 1.12. The maximum atomic E-state index is 9.88. The molecule has 98 valence electrons. The Morgan fingerprint density at radius 1 is 1.26 bits per heavy atom. The van der Waals surface area contributed by atoms with Gasteiger partial charge in [-0.05, 0) is 46.9 Å². The van der Waals surface area contributed by atoms with Crippen LogP contribution in [0.1, 0.15) is 29.9 Å². The van der Waals surface area contributed by atoms with Crippen LogP contribution in [0.25, 0.3) is 16.8 Å². The van der Waals surface area contributed by atoms with E-state index < -0.39 is 0 Å². The van der Waals surface area contributed by atoms with Gasteiger partial charge in [-0.3, -0.25) is 0 Å². The lowest BCUT2D eigenvalue weighted by Gasteiger charge is -2.34. The molecule has 2 nitrogen and oxygen atoms in total. The van der Waals surface area contributed by atoms with Crippen molar-refractivity contribution in [3.63, 3.8) is 0 Å². The van der Waals surface area contributed by atoms with E-state index >= 15 is 0 Å². The quantitative estimate of drug-likeness (QED) is 0.904. The van der Waals surface area contributed by atoms with Crippen LogP contribution in [-0.4, -0.2) is 18.3 Å². The monoisotopic (exact) mass is 254 g/mol. The minimum absolute atomic E-state index is 0.200. The van der Waals surface area contributed by atoms with Crippen LogP contribution < -0.4 is 4.74 Å². The second-order valence-electron chi connectivity index (χ2n) is 5.11. The van der Waals surface area contributed by atoms with E-state index in [1.165, 1.54) is 10.9 Å². The van der Waals surface area contributed by atoms with Gasteiger partial charge in [0, 0.05) is 5.92 Å². The average Bonchev–Trinajstić information content (AvgIpc) is 2.44. The van der Waals surface area contributed by atoms with Crippen molar-refractivity contribution in [3.8, 4) is 5.75 Å². The molecule has 2 heteroatoms. The lowest BCUT2D eigenvalue weighted by Crippen LogP contribution is -2.29. The van der Waals surface area contributed by atoms with Crippen molar-refractivity contribution in [2.45, 2.75) is 24.9 Å². The summed E-state index contributed by atoms with van der Waals surface area (Å²) in [6, 6.07) is 10.3. The summed E-state index contributed by atoms with van der Waals surface area (Å²) in [7, 11) is 1.68. The number of hydrogen-bond acceptors (Lipinski definition) is 2. The van der Waals surface area contributed by atoms with Crippen LogP contribution in [-0.2, 0) is 0 Å². The number of ether oxygens (including phenoxy) is 1. The van der Waals surface area contributed by atoms with E-state index in [-0.39, 0.29) is 12.0 Å². The number of methoxy groups -OCH3 is 1. The highest BCUT2D eigenvalue weighted by Crippen LogP contribution is 2.41. The molecule has 2 atom stereocenters. The Morgan fingerprint density at radius 3 is 2.68 bits per heavy atom. The third-order valence-corrected chi connectivity index (χ3v) is 4.14. The molecule has 3 rings (SSSR count). The molecule has 0 spiro atoms. The molecule has 1 fully saturated rings. The van der Waals surface area contributed by atoms with Crippen molar-refractivity contribution in [1.82, 2.24) is 0 Å². The van der Waals surface area contributed by atoms with Gasteiger partial charge in [-0.15, -0.1) is 0 Å². The van der Waals surface area contributed by atoms with Crippen molar-refractivity contribution in [1.29, 1.82) is 0 Å². The fraction of sp³-hybridized carbons (Fsp3) is 0.294. The molecular weight excluding hydrogens is 236 g/mol. The zero-order valence-electron chi connectivity index (χ0n) is 11.1. The second-order valence-corrected chi connectivity index (χ2v) is 5.11. The molecule has 2 aromatic carbocycles. The standard InChI is InChI=1S/C17H18O2/c1-3-13-14-7-5-12(19-2)10-11(14)4-6-15(13)16-8-9-17(16)18/h3-7,10,16-18H,1,8-9H2,2H3/t16-,17+/m0/s1. The van der Waals surface area contributed by atoms with Crippen LogP contribution in [0.3, 0.4) is 0 Å². The summed E-state index contributed by atoms with van der Waals surface area (Å²) >= 11 is 0. The molecule has 0 aromatic heterocycles. The molecule has 19 heavy (non-hydrogen) atoms. The Bertz CT molecular complexity index is 630. The molecule has 1 aliphatic carbocycles. The molecule has 0 bridgehead atoms. The van der Waals surface area contributed by atoms with Gasteiger partial charge < -0.3 is 9.84 Å². The number of hydrogen-bond donors (Lipinski definition) is 1. The smallest absolute Gasteiger partial charge is 0.119 e. The summed E-state index contributed by atoms with van der Waals surface area (Å²) in [6.45, 7) is 3.94. The van der Waals surface area contributed by atoms with E-state index in [4.69, 9.17) is 4.74 Å². The number of aliphatic hydroxyl groups excluding tert-OH is 1. The fourth-order valence-electron chi connectivity index (χ4n) is 2.87. The zero-order valence-corrected chi connectivity index (χ0v) is 11.1. The van der Waals surface area contributed by atoms with Crippen molar-refractivity contribution < 1.29 is 9.84 Å². The van der Waals surface area contributed by atoms with E-state index in [1.54, 1.807) is 7.11 Å². The average molecular weight is 254 g/mol. The SMILES string of the molecule is C=Cc1c([C@@H]2CC[C@H]2O)ccc2cc(OC)ccc12. The molecule has 1 aliphatic rings. The van der Waals surface area contributed by atoms with E-state index in [2.05, 4.69) is 24.8 Å². The van der Waals surface area contributed by atoms with Crippen LogP contribution in [0, 0.1) is 0 Å². The third kappa shape index (κ3) is 1.92. The zero-order chi connectivity index (χ0) is 13.4. The topological polar surface area (TPSA) is 29.5 Å². The molecule has 1 N–H and O–H groups in total. The van der Waals surface area contributed by atoms with Gasteiger partial charge in [0.1, 0.15) is 5.75 Å². The van der Waals surface area contributed by atoms with Gasteiger partial charge >= 0.3 is 0 Å². The first-order valence-corrected chi connectivity index (χ1v) is 6.65. The molecule has 1 saturated carbocycles. The Labute approximate surface area is 113 Å². The first kappa shape index (κ1) is 12.2. The lowest BCUT2D eigenvalue weighted by molar-refractivity contribution is 0.0661. The van der Waals surface area contributed by atoms with Gasteiger partial charge in [-0.1, -0.05) is 30.9 Å². The Balaban J connectivity index is 2.17. The second kappa shape index (κ2) is 4.71. The largest absolute Gasteiger partial charge is 0.497 e. The summed E-state index contributed by atoms with van der Waals surface area (Å²) in [5.41, 5.74) is 2.36. The maximum absolute atomic E-state index is 9.88. The molecule has 0 unspecified atom stereocenters. The van der Waals surface area contributed by atoms with Crippen LogP contribution in [0.4, 0.5) is 0 Å². The first-order valence-electron chi connectivity index (χ1n) is 6.65. The summed E-state index contributed by atoms with van der Waals surface area (Å²) in [5, 5.41) is 12.2. The van der Waals surface area contributed by atoms with Crippen LogP contribution in [0.15, 0.2) is 36.9 Å². The first-order chi connectivity index (χ1) is 9.24. The molecule has 2 aromatic rings. The molecule has 0 saturated heterocycles. The fourth-order valence-corrected chi connectivity index (χ4v) is 2.87. The number of fused-ring (bicyclic) bond motifs is 1. The predicted octanol–water partition coefficient (Wildman–Crippen LogP) is 3.73. The summed E-state index contributed by atoms with van der Waals surface area (Å²) < 4.78 is 5.26. The number of benzene rings is 2.